The molecule has 6 heteroatoms. The van der Waals surface area contributed by atoms with Gasteiger partial charge in [-0.25, -0.2) is 4.98 Å². The number of aromatic nitrogens is 2. The topological polar surface area (TPSA) is 49.3 Å². The minimum Gasteiger partial charge on any atom is -0.344 e. The van der Waals surface area contributed by atoms with Crippen LogP contribution in [0.2, 0.25) is 0 Å². The van der Waals surface area contributed by atoms with Crippen molar-refractivity contribution >= 4 is 17.2 Å². The number of nitrogens with zero attached hydrogens (tertiary/aromatic N) is 4. The van der Waals surface area contributed by atoms with Crippen LogP contribution in [-0.2, 0) is 11.2 Å². The molecule has 128 valence electrons. The van der Waals surface area contributed by atoms with E-state index >= 15 is 0 Å². The molecular formula is C18H24N4OS. The molecule has 1 saturated heterocycles. The number of thiazole rings is 1. The molecule has 0 aromatic carbocycles. The number of likely N-dealkylation sites (N-methyl/N-ethyl adjacent to an activating group) is 1. The number of likely N-dealkylation sites (tertiary alicyclic amines) is 1. The zero-order chi connectivity index (χ0) is 16.8. The highest BCUT2D eigenvalue weighted by molar-refractivity contribution is 7.13. The molecule has 3 heterocycles. The highest BCUT2D eigenvalue weighted by Crippen LogP contribution is 2.22. The first kappa shape index (κ1) is 17.0. The molecule has 5 nitrogen and oxygen atoms in total. The number of carbonyl (C=O) groups is 1. The predicted octanol–water partition coefficient (Wildman–Crippen LogP) is 2.69. The zero-order valence-electron chi connectivity index (χ0n) is 14.1. The summed E-state index contributed by atoms with van der Waals surface area (Å²) < 4.78 is 0. The number of hydrogen-bond acceptors (Lipinski definition) is 5. The summed E-state index contributed by atoms with van der Waals surface area (Å²) in [6.45, 7) is 4.10. The number of pyridine rings is 1. The van der Waals surface area contributed by atoms with Gasteiger partial charge in [0.2, 0.25) is 5.91 Å². The second-order valence-electron chi connectivity index (χ2n) is 6.28. The van der Waals surface area contributed by atoms with Crippen LogP contribution in [-0.4, -0.2) is 58.9 Å². The summed E-state index contributed by atoms with van der Waals surface area (Å²) in [5.41, 5.74) is 1.84. The third-order valence-electron chi connectivity index (χ3n) is 4.42. The highest BCUT2D eigenvalue weighted by Gasteiger charge is 2.15. The van der Waals surface area contributed by atoms with Gasteiger partial charge < -0.3 is 9.80 Å². The second-order valence-corrected chi connectivity index (χ2v) is 7.14. The monoisotopic (exact) mass is 344 g/mol. The van der Waals surface area contributed by atoms with E-state index in [9.17, 15) is 4.79 Å². The molecule has 1 amide bonds. The van der Waals surface area contributed by atoms with Gasteiger partial charge in [-0.05, 0) is 38.1 Å². The minimum absolute atomic E-state index is 0.134. The van der Waals surface area contributed by atoms with Crippen LogP contribution in [0.25, 0.3) is 10.6 Å². The fraction of sp³-hybridized carbons (Fsp3) is 0.500. The van der Waals surface area contributed by atoms with Crippen molar-refractivity contribution in [2.45, 2.75) is 25.7 Å². The molecular weight excluding hydrogens is 320 g/mol. The van der Waals surface area contributed by atoms with E-state index in [2.05, 4.69) is 14.9 Å². The van der Waals surface area contributed by atoms with Gasteiger partial charge in [0.05, 0.1) is 12.1 Å². The van der Waals surface area contributed by atoms with Gasteiger partial charge in [-0.1, -0.05) is 6.42 Å². The van der Waals surface area contributed by atoms with Crippen molar-refractivity contribution in [3.05, 3.63) is 35.6 Å². The quantitative estimate of drug-likeness (QED) is 0.808. The van der Waals surface area contributed by atoms with Crippen LogP contribution in [0.4, 0.5) is 0 Å². The highest BCUT2D eigenvalue weighted by atomic mass is 32.1. The standard InChI is InChI=1S/C18H24N4OS/c1-21(10-11-22-8-3-2-4-9-22)17(23)12-16-14-24-18(20-16)15-6-5-7-19-13-15/h5-7,13-14H,2-4,8-12H2,1H3. The van der Waals surface area contributed by atoms with Gasteiger partial charge >= 0.3 is 0 Å². The van der Waals surface area contributed by atoms with Crippen LogP contribution < -0.4 is 0 Å². The average molecular weight is 344 g/mol. The molecule has 1 aliphatic rings. The van der Waals surface area contributed by atoms with E-state index in [1.54, 1.807) is 23.7 Å². The maximum Gasteiger partial charge on any atom is 0.228 e. The van der Waals surface area contributed by atoms with E-state index in [0.29, 0.717) is 6.42 Å². The normalized spacial score (nSPS) is 15.4. The van der Waals surface area contributed by atoms with Crippen LogP contribution in [0.1, 0.15) is 25.0 Å². The number of hydrogen-bond donors (Lipinski definition) is 0. The van der Waals surface area contributed by atoms with Crippen molar-refractivity contribution in [1.29, 1.82) is 0 Å². The Hall–Kier alpha value is -1.79. The summed E-state index contributed by atoms with van der Waals surface area (Å²) in [4.78, 5) is 25.4. The first-order valence-electron chi connectivity index (χ1n) is 8.53. The Labute approximate surface area is 147 Å². The molecule has 0 saturated carbocycles. The van der Waals surface area contributed by atoms with Crippen LogP contribution in [0.3, 0.4) is 0 Å². The molecule has 0 unspecified atom stereocenters. The molecule has 24 heavy (non-hydrogen) atoms. The van der Waals surface area contributed by atoms with Crippen LogP contribution >= 0.6 is 11.3 Å². The largest absolute Gasteiger partial charge is 0.344 e. The fourth-order valence-corrected chi connectivity index (χ4v) is 3.71. The van der Waals surface area contributed by atoms with Gasteiger partial charge in [0.15, 0.2) is 0 Å². The van der Waals surface area contributed by atoms with E-state index in [0.717, 1.165) is 29.4 Å². The average Bonchev–Trinajstić information content (AvgIpc) is 3.10. The molecule has 2 aromatic heterocycles. The number of carbonyl (C=O) groups excluding carboxylic acids is 1. The summed E-state index contributed by atoms with van der Waals surface area (Å²) >= 11 is 1.56. The van der Waals surface area contributed by atoms with E-state index < -0.39 is 0 Å². The van der Waals surface area contributed by atoms with E-state index in [4.69, 9.17) is 0 Å². The Balaban J connectivity index is 1.50. The minimum atomic E-state index is 0.134. The lowest BCUT2D eigenvalue weighted by Gasteiger charge is -2.28. The van der Waals surface area contributed by atoms with Crippen molar-refractivity contribution in [1.82, 2.24) is 19.8 Å². The lowest BCUT2D eigenvalue weighted by Crippen LogP contribution is -2.39. The number of amides is 1. The van der Waals surface area contributed by atoms with Crippen LogP contribution in [0.15, 0.2) is 29.9 Å². The third kappa shape index (κ3) is 4.61. The summed E-state index contributed by atoms with van der Waals surface area (Å²) in [7, 11) is 1.89. The Morgan fingerprint density at radius 1 is 1.33 bits per heavy atom. The van der Waals surface area contributed by atoms with Gasteiger partial charge in [0.25, 0.3) is 0 Å². The molecule has 0 radical (unpaired) electrons. The van der Waals surface area contributed by atoms with Crippen LogP contribution in [0.5, 0.6) is 0 Å². The molecule has 1 aliphatic heterocycles. The van der Waals surface area contributed by atoms with E-state index in [1.807, 2.05) is 29.5 Å². The van der Waals surface area contributed by atoms with E-state index in [1.165, 1.54) is 32.4 Å². The Bertz CT molecular complexity index is 652. The lowest BCUT2D eigenvalue weighted by atomic mass is 10.1. The first-order valence-corrected chi connectivity index (χ1v) is 9.41. The van der Waals surface area contributed by atoms with Gasteiger partial charge in [0.1, 0.15) is 5.01 Å². The maximum atomic E-state index is 12.4. The lowest BCUT2D eigenvalue weighted by molar-refractivity contribution is -0.129. The molecule has 3 rings (SSSR count). The molecule has 0 atom stereocenters. The van der Waals surface area contributed by atoms with Crippen molar-refractivity contribution in [2.24, 2.45) is 0 Å². The Kier molecular flexibility index (Phi) is 5.93. The zero-order valence-corrected chi connectivity index (χ0v) is 15.0. The summed E-state index contributed by atoms with van der Waals surface area (Å²) in [5, 5.41) is 2.89. The van der Waals surface area contributed by atoms with Gasteiger partial charge in [0, 0.05) is 43.5 Å². The summed E-state index contributed by atoms with van der Waals surface area (Å²) in [6, 6.07) is 3.89. The number of piperidine rings is 1. The summed E-state index contributed by atoms with van der Waals surface area (Å²) in [6.07, 6.45) is 7.83. The number of rotatable bonds is 6. The molecule has 0 bridgehead atoms. The van der Waals surface area contributed by atoms with Gasteiger partial charge in [-0.2, -0.15) is 0 Å². The molecule has 1 fully saturated rings. The first-order chi connectivity index (χ1) is 11.7. The van der Waals surface area contributed by atoms with Crippen molar-refractivity contribution in [3.8, 4) is 10.6 Å². The van der Waals surface area contributed by atoms with Gasteiger partial charge in [-0.15, -0.1) is 11.3 Å². The molecule has 2 aromatic rings. The molecule has 0 aliphatic carbocycles. The predicted molar refractivity (Wildman–Crippen MR) is 97.0 cm³/mol. The maximum absolute atomic E-state index is 12.4. The SMILES string of the molecule is CN(CCN1CCCCC1)C(=O)Cc1csc(-c2cccnc2)n1. The van der Waals surface area contributed by atoms with E-state index in [-0.39, 0.29) is 5.91 Å². The van der Waals surface area contributed by atoms with Crippen molar-refractivity contribution in [3.63, 3.8) is 0 Å². The molecule has 0 N–H and O–H groups in total. The second kappa shape index (κ2) is 8.35. The molecule has 0 spiro atoms. The van der Waals surface area contributed by atoms with Gasteiger partial charge in [-0.3, -0.25) is 9.78 Å². The summed E-state index contributed by atoms with van der Waals surface area (Å²) in [5.74, 6) is 0.134. The Morgan fingerprint density at radius 3 is 2.92 bits per heavy atom. The van der Waals surface area contributed by atoms with Crippen molar-refractivity contribution in [2.75, 3.05) is 33.2 Å². The van der Waals surface area contributed by atoms with Crippen LogP contribution in [0, 0.1) is 0 Å². The van der Waals surface area contributed by atoms with Crippen molar-refractivity contribution < 1.29 is 4.79 Å². The third-order valence-corrected chi connectivity index (χ3v) is 5.36. The smallest absolute Gasteiger partial charge is 0.228 e. The Morgan fingerprint density at radius 2 is 2.17 bits per heavy atom. The fourth-order valence-electron chi connectivity index (χ4n) is 2.90.